The highest BCUT2D eigenvalue weighted by atomic mass is 32.1. The van der Waals surface area contributed by atoms with E-state index < -0.39 is 0 Å². The molecule has 1 aromatic heterocycles. The van der Waals surface area contributed by atoms with E-state index in [9.17, 15) is 4.79 Å². The second-order valence-electron chi connectivity index (χ2n) is 7.17. The minimum Gasteiger partial charge on any atom is -0.353 e. The molecule has 3 heterocycles. The van der Waals surface area contributed by atoms with Crippen LogP contribution in [0.1, 0.15) is 58.9 Å². The fourth-order valence-electron chi connectivity index (χ4n) is 3.69. The molecular weight excluding hydrogens is 330 g/mol. The van der Waals surface area contributed by atoms with Gasteiger partial charge in [-0.05, 0) is 43.4 Å². The highest BCUT2D eigenvalue weighted by Gasteiger charge is 2.33. The van der Waals surface area contributed by atoms with E-state index in [2.05, 4.69) is 60.6 Å². The molecule has 0 bridgehead atoms. The number of thiophene rings is 1. The average Bonchev–Trinajstić information content (AvgIpc) is 2.99. The Balaban J connectivity index is 1.62. The maximum absolute atomic E-state index is 12.8. The van der Waals surface area contributed by atoms with Gasteiger partial charge in [0.25, 0.3) is 5.91 Å². The number of amides is 1. The molecule has 0 saturated carbocycles. The second-order valence-corrected chi connectivity index (χ2v) is 8.27. The molecule has 4 nitrogen and oxygen atoms in total. The van der Waals surface area contributed by atoms with E-state index in [1.807, 2.05) is 0 Å². The maximum atomic E-state index is 12.8. The Morgan fingerprint density at radius 2 is 2.00 bits per heavy atom. The molecule has 0 aliphatic carbocycles. The molecule has 2 N–H and O–H groups in total. The molecule has 1 atom stereocenters. The number of hydrogen-bond donors (Lipinski definition) is 2. The number of nitrogens with zero attached hydrogens (tertiary/aromatic N) is 1. The zero-order valence-corrected chi connectivity index (χ0v) is 15.9. The van der Waals surface area contributed by atoms with Gasteiger partial charge in [0.15, 0.2) is 0 Å². The first-order valence-corrected chi connectivity index (χ1v) is 9.93. The lowest BCUT2D eigenvalue weighted by atomic mass is 9.99. The van der Waals surface area contributed by atoms with E-state index in [1.54, 1.807) is 11.3 Å². The van der Waals surface area contributed by atoms with E-state index in [1.165, 1.54) is 16.0 Å². The zero-order valence-electron chi connectivity index (χ0n) is 15.1. The molecule has 1 amide bonds. The van der Waals surface area contributed by atoms with Gasteiger partial charge in [-0.25, -0.2) is 0 Å². The van der Waals surface area contributed by atoms with Crippen LogP contribution < -0.4 is 10.6 Å². The van der Waals surface area contributed by atoms with Crippen LogP contribution in [0.5, 0.6) is 0 Å². The van der Waals surface area contributed by atoms with Gasteiger partial charge >= 0.3 is 0 Å². The normalized spacial score (nSPS) is 20.0. The van der Waals surface area contributed by atoms with Crippen molar-refractivity contribution < 1.29 is 4.79 Å². The first-order chi connectivity index (χ1) is 12.1. The summed E-state index contributed by atoms with van der Waals surface area (Å²) < 4.78 is 0. The molecular formula is C20H25N3OS. The lowest BCUT2D eigenvalue weighted by molar-refractivity contribution is 0.0934. The number of anilines is 1. The number of hydrogen-bond acceptors (Lipinski definition) is 4. The third kappa shape index (κ3) is 2.96. The van der Waals surface area contributed by atoms with Crippen molar-refractivity contribution in [3.05, 3.63) is 51.4 Å². The standard InChI is InChI=1S/C20H25N3OS/c1-4-13-5-7-14(8-6-13)18-21-19(24)17-15-9-10-23(12(2)3)11-16(15)25-20(17)22-18/h5-8,12,18,22H,4,9-11H2,1-3H3,(H,21,24)/t18-/m0/s1. The van der Waals surface area contributed by atoms with E-state index >= 15 is 0 Å². The quantitative estimate of drug-likeness (QED) is 0.877. The molecule has 2 aliphatic heterocycles. The van der Waals surface area contributed by atoms with Gasteiger partial charge in [0, 0.05) is 24.0 Å². The summed E-state index contributed by atoms with van der Waals surface area (Å²) in [7, 11) is 0. The van der Waals surface area contributed by atoms with Crippen molar-refractivity contribution in [1.29, 1.82) is 0 Å². The van der Waals surface area contributed by atoms with Gasteiger partial charge in [-0.15, -0.1) is 11.3 Å². The summed E-state index contributed by atoms with van der Waals surface area (Å²) in [6, 6.07) is 9.03. The van der Waals surface area contributed by atoms with Crippen molar-refractivity contribution in [2.24, 2.45) is 0 Å². The number of aryl methyl sites for hydroxylation is 1. The van der Waals surface area contributed by atoms with Crippen molar-refractivity contribution in [3.8, 4) is 0 Å². The van der Waals surface area contributed by atoms with Crippen LogP contribution in [0.25, 0.3) is 0 Å². The van der Waals surface area contributed by atoms with E-state index in [-0.39, 0.29) is 12.1 Å². The predicted molar refractivity (Wildman–Crippen MR) is 103 cm³/mol. The summed E-state index contributed by atoms with van der Waals surface area (Å²) >= 11 is 1.76. The minimum absolute atomic E-state index is 0.0637. The number of nitrogens with one attached hydrogen (secondary N) is 2. The molecule has 0 saturated heterocycles. The molecule has 0 radical (unpaired) electrons. The van der Waals surface area contributed by atoms with Gasteiger partial charge in [-0.3, -0.25) is 9.69 Å². The van der Waals surface area contributed by atoms with Gasteiger partial charge in [0.1, 0.15) is 11.2 Å². The molecule has 2 aliphatic rings. The molecule has 1 aromatic carbocycles. The average molecular weight is 356 g/mol. The third-order valence-corrected chi connectivity index (χ3v) is 6.46. The molecule has 4 rings (SSSR count). The summed E-state index contributed by atoms with van der Waals surface area (Å²) in [5, 5.41) is 7.72. The minimum atomic E-state index is -0.146. The number of carbonyl (C=O) groups is 1. The number of rotatable bonds is 3. The van der Waals surface area contributed by atoms with Crippen LogP contribution in [0.3, 0.4) is 0 Å². The molecule has 132 valence electrons. The molecule has 0 fully saturated rings. The lowest BCUT2D eigenvalue weighted by Gasteiger charge is -2.31. The Morgan fingerprint density at radius 3 is 2.68 bits per heavy atom. The van der Waals surface area contributed by atoms with Gasteiger partial charge in [-0.1, -0.05) is 31.2 Å². The molecule has 0 unspecified atom stereocenters. The summed E-state index contributed by atoms with van der Waals surface area (Å²) in [5.74, 6) is 0.0637. The highest BCUT2D eigenvalue weighted by Crippen LogP contribution is 2.41. The van der Waals surface area contributed by atoms with Crippen LogP contribution in [0.15, 0.2) is 24.3 Å². The Hall–Kier alpha value is -1.85. The summed E-state index contributed by atoms with van der Waals surface area (Å²) in [6.07, 6.45) is 1.84. The molecule has 5 heteroatoms. The SMILES string of the molecule is CCc1ccc([C@H]2NC(=O)c3c(sc4c3CCN(C(C)C)C4)N2)cc1. The second kappa shape index (κ2) is 6.46. The Kier molecular flexibility index (Phi) is 4.29. The Labute approximate surface area is 153 Å². The first kappa shape index (κ1) is 16.6. The first-order valence-electron chi connectivity index (χ1n) is 9.11. The highest BCUT2D eigenvalue weighted by molar-refractivity contribution is 7.16. The Bertz CT molecular complexity index is 794. The number of fused-ring (bicyclic) bond motifs is 3. The lowest BCUT2D eigenvalue weighted by Crippen LogP contribution is -2.39. The maximum Gasteiger partial charge on any atom is 0.256 e. The molecule has 2 aromatic rings. The van der Waals surface area contributed by atoms with Crippen LogP contribution in [-0.4, -0.2) is 23.4 Å². The van der Waals surface area contributed by atoms with Crippen molar-refractivity contribution in [2.45, 2.75) is 52.4 Å². The van der Waals surface area contributed by atoms with Crippen molar-refractivity contribution >= 4 is 22.2 Å². The molecule has 0 spiro atoms. The topological polar surface area (TPSA) is 44.4 Å². The van der Waals surface area contributed by atoms with Crippen LogP contribution in [-0.2, 0) is 19.4 Å². The van der Waals surface area contributed by atoms with Gasteiger partial charge in [0.05, 0.1) is 5.56 Å². The van der Waals surface area contributed by atoms with Gasteiger partial charge < -0.3 is 10.6 Å². The van der Waals surface area contributed by atoms with Crippen molar-refractivity contribution in [1.82, 2.24) is 10.2 Å². The van der Waals surface area contributed by atoms with E-state index in [4.69, 9.17) is 0 Å². The van der Waals surface area contributed by atoms with Crippen molar-refractivity contribution in [3.63, 3.8) is 0 Å². The summed E-state index contributed by atoms with van der Waals surface area (Å²) in [5.41, 5.74) is 4.55. The molecule has 25 heavy (non-hydrogen) atoms. The van der Waals surface area contributed by atoms with Gasteiger partial charge in [0.2, 0.25) is 0 Å². The zero-order chi connectivity index (χ0) is 17.6. The van der Waals surface area contributed by atoms with Crippen molar-refractivity contribution in [2.75, 3.05) is 11.9 Å². The van der Waals surface area contributed by atoms with Crippen LogP contribution >= 0.6 is 11.3 Å². The predicted octanol–water partition coefficient (Wildman–Crippen LogP) is 3.93. The van der Waals surface area contributed by atoms with E-state index in [0.717, 1.165) is 42.1 Å². The summed E-state index contributed by atoms with van der Waals surface area (Å²) in [6.45, 7) is 8.61. The van der Waals surface area contributed by atoms with E-state index in [0.29, 0.717) is 6.04 Å². The monoisotopic (exact) mass is 355 g/mol. The van der Waals surface area contributed by atoms with Crippen LogP contribution in [0.2, 0.25) is 0 Å². The fraction of sp³-hybridized carbons (Fsp3) is 0.450. The van der Waals surface area contributed by atoms with Crippen LogP contribution in [0.4, 0.5) is 5.00 Å². The smallest absolute Gasteiger partial charge is 0.256 e. The largest absolute Gasteiger partial charge is 0.353 e. The van der Waals surface area contributed by atoms with Crippen LogP contribution in [0, 0.1) is 0 Å². The number of carbonyl (C=O) groups excluding carboxylic acids is 1. The number of benzene rings is 1. The fourth-order valence-corrected chi connectivity index (χ4v) is 4.99. The third-order valence-electron chi connectivity index (χ3n) is 5.32. The van der Waals surface area contributed by atoms with Gasteiger partial charge in [-0.2, -0.15) is 0 Å². The summed E-state index contributed by atoms with van der Waals surface area (Å²) in [4.78, 5) is 16.6. The Morgan fingerprint density at radius 1 is 1.24 bits per heavy atom.